The zero-order valence-electron chi connectivity index (χ0n) is 21.3. The lowest BCUT2D eigenvalue weighted by molar-refractivity contribution is -0.384. The molecule has 2 aliphatic rings. The van der Waals surface area contributed by atoms with Gasteiger partial charge in [-0.15, -0.1) is 0 Å². The summed E-state index contributed by atoms with van der Waals surface area (Å²) in [5, 5.41) is 11.6. The van der Waals surface area contributed by atoms with E-state index < -0.39 is 16.6 Å². The summed E-state index contributed by atoms with van der Waals surface area (Å²) in [4.78, 5) is 55.6. The Bertz CT molecular complexity index is 1350. The van der Waals surface area contributed by atoms with Gasteiger partial charge in [0.25, 0.3) is 17.4 Å². The summed E-state index contributed by atoms with van der Waals surface area (Å²) in [5.41, 5.74) is 1.94. The summed E-state index contributed by atoms with van der Waals surface area (Å²) >= 11 is 0. The first-order valence-corrected chi connectivity index (χ1v) is 13.1. The molecule has 10 heteroatoms. The number of rotatable bonds is 6. The van der Waals surface area contributed by atoms with Crippen LogP contribution in [0.5, 0.6) is 0 Å². The van der Waals surface area contributed by atoms with Gasteiger partial charge < -0.3 is 19.3 Å². The molecule has 0 spiro atoms. The molecule has 2 fully saturated rings. The van der Waals surface area contributed by atoms with Crippen LogP contribution in [-0.2, 0) is 16.1 Å². The molecule has 0 N–H and O–H groups in total. The maximum atomic E-state index is 13.4. The number of non-ortho nitro benzene ring substituents is 1. The quantitative estimate of drug-likeness (QED) is 0.214. The molecule has 10 nitrogen and oxygen atoms in total. The zero-order chi connectivity index (χ0) is 26.6. The molecule has 0 bridgehead atoms. The van der Waals surface area contributed by atoms with E-state index >= 15 is 0 Å². The van der Waals surface area contributed by atoms with E-state index in [1.807, 2.05) is 34.1 Å². The summed E-state index contributed by atoms with van der Waals surface area (Å²) in [6, 6.07) is 13.7. The molecule has 2 saturated heterocycles. The highest BCUT2D eigenvalue weighted by Gasteiger charge is 2.29. The first kappa shape index (κ1) is 25.4. The van der Waals surface area contributed by atoms with Crippen LogP contribution in [0.1, 0.15) is 36.0 Å². The van der Waals surface area contributed by atoms with E-state index in [-0.39, 0.29) is 18.1 Å². The SMILES string of the molecule is O=C(C(=O)N1CCN(c2ccc([N+](=O)[O-])cc2)CC1)c1cn(CC(=O)N2CCCCCC2)c2ccccc12. The topological polar surface area (TPSA) is 109 Å². The minimum absolute atomic E-state index is 0.0281. The largest absolute Gasteiger partial charge is 0.368 e. The molecule has 0 radical (unpaired) electrons. The van der Waals surface area contributed by atoms with Crippen LogP contribution in [-0.4, -0.2) is 76.2 Å². The number of ketones is 1. The maximum Gasteiger partial charge on any atom is 0.295 e. The fraction of sp³-hybridized carbons (Fsp3) is 0.393. The molecule has 3 aromatic rings. The molecule has 2 amide bonds. The van der Waals surface area contributed by atoms with Gasteiger partial charge in [0.2, 0.25) is 5.91 Å². The van der Waals surface area contributed by atoms with Gasteiger partial charge in [0.1, 0.15) is 6.54 Å². The number of nitro groups is 1. The molecule has 198 valence electrons. The Morgan fingerprint density at radius 3 is 2.11 bits per heavy atom. The first-order chi connectivity index (χ1) is 18.4. The Morgan fingerprint density at radius 2 is 1.45 bits per heavy atom. The normalized spacial score (nSPS) is 16.4. The van der Waals surface area contributed by atoms with Crippen LogP contribution in [0.2, 0.25) is 0 Å². The molecule has 1 aromatic heterocycles. The molecule has 5 rings (SSSR count). The monoisotopic (exact) mass is 517 g/mol. The number of nitro benzene ring substituents is 1. The van der Waals surface area contributed by atoms with Crippen molar-refractivity contribution < 1.29 is 19.3 Å². The molecular formula is C28H31N5O5. The number of likely N-dealkylation sites (tertiary alicyclic amines) is 1. The van der Waals surface area contributed by atoms with E-state index in [1.165, 1.54) is 12.1 Å². The van der Waals surface area contributed by atoms with Crippen molar-refractivity contribution in [2.75, 3.05) is 44.2 Å². The number of carbonyl (C=O) groups excluding carboxylic acids is 3. The van der Waals surface area contributed by atoms with Crippen LogP contribution >= 0.6 is 0 Å². The number of piperazine rings is 1. The Hall–Kier alpha value is -4.21. The van der Waals surface area contributed by atoms with Crippen molar-refractivity contribution in [2.24, 2.45) is 0 Å². The number of hydrogen-bond donors (Lipinski definition) is 0. The number of benzene rings is 2. The van der Waals surface area contributed by atoms with Crippen LogP contribution < -0.4 is 4.90 Å². The number of amides is 2. The van der Waals surface area contributed by atoms with Crippen molar-refractivity contribution in [3.63, 3.8) is 0 Å². The molecule has 0 unspecified atom stereocenters. The second-order valence-corrected chi connectivity index (χ2v) is 9.86. The van der Waals surface area contributed by atoms with Gasteiger partial charge in [0.05, 0.1) is 10.5 Å². The summed E-state index contributed by atoms with van der Waals surface area (Å²) < 4.78 is 1.79. The van der Waals surface area contributed by atoms with E-state index in [4.69, 9.17) is 0 Å². The lowest BCUT2D eigenvalue weighted by atomic mass is 10.1. The molecule has 2 aliphatic heterocycles. The van der Waals surface area contributed by atoms with Gasteiger partial charge in [-0.25, -0.2) is 0 Å². The summed E-state index contributed by atoms with van der Waals surface area (Å²) in [5.74, 6) is -1.11. The lowest BCUT2D eigenvalue weighted by Gasteiger charge is -2.35. The van der Waals surface area contributed by atoms with E-state index in [0.717, 1.165) is 50.0 Å². The molecule has 0 saturated carbocycles. The molecule has 38 heavy (non-hydrogen) atoms. The van der Waals surface area contributed by atoms with Crippen molar-refractivity contribution in [1.29, 1.82) is 0 Å². The third-order valence-corrected chi connectivity index (χ3v) is 7.48. The Balaban J connectivity index is 1.27. The van der Waals surface area contributed by atoms with Crippen LogP contribution in [0.3, 0.4) is 0 Å². The van der Waals surface area contributed by atoms with E-state index in [0.29, 0.717) is 37.1 Å². The van der Waals surface area contributed by atoms with Gasteiger partial charge in [-0.05, 0) is 31.0 Å². The van der Waals surface area contributed by atoms with Crippen LogP contribution in [0, 0.1) is 10.1 Å². The van der Waals surface area contributed by atoms with E-state index in [2.05, 4.69) is 0 Å². The highest BCUT2D eigenvalue weighted by molar-refractivity contribution is 6.45. The molecule has 0 aliphatic carbocycles. The average molecular weight is 518 g/mol. The van der Waals surface area contributed by atoms with Gasteiger partial charge in [-0.1, -0.05) is 31.0 Å². The number of nitrogens with zero attached hydrogens (tertiary/aromatic N) is 5. The van der Waals surface area contributed by atoms with Crippen molar-refractivity contribution in [2.45, 2.75) is 32.2 Å². The van der Waals surface area contributed by atoms with Gasteiger partial charge in [0, 0.05) is 74.2 Å². The van der Waals surface area contributed by atoms with Crippen LogP contribution in [0.4, 0.5) is 11.4 Å². The fourth-order valence-corrected chi connectivity index (χ4v) is 5.34. The zero-order valence-corrected chi connectivity index (χ0v) is 21.3. The highest BCUT2D eigenvalue weighted by Crippen LogP contribution is 2.24. The maximum absolute atomic E-state index is 13.4. The smallest absolute Gasteiger partial charge is 0.295 e. The Labute approximate surface area is 220 Å². The third kappa shape index (κ3) is 5.25. The fourth-order valence-electron chi connectivity index (χ4n) is 5.34. The predicted octanol–water partition coefficient (Wildman–Crippen LogP) is 3.48. The number of fused-ring (bicyclic) bond motifs is 1. The minimum Gasteiger partial charge on any atom is -0.368 e. The second kappa shape index (κ2) is 11.0. The first-order valence-electron chi connectivity index (χ1n) is 13.1. The van der Waals surface area contributed by atoms with Crippen LogP contribution in [0.15, 0.2) is 54.7 Å². The molecule has 3 heterocycles. The number of anilines is 1. The van der Waals surface area contributed by atoms with Crippen molar-refractivity contribution in [1.82, 2.24) is 14.4 Å². The number of carbonyl (C=O) groups is 3. The average Bonchev–Trinajstić information content (AvgIpc) is 3.10. The predicted molar refractivity (Wildman–Crippen MR) is 143 cm³/mol. The second-order valence-electron chi connectivity index (χ2n) is 9.86. The lowest BCUT2D eigenvalue weighted by Crippen LogP contribution is -2.50. The number of Topliss-reactive ketones (excluding diaryl/α,β-unsaturated/α-hetero) is 1. The number of para-hydroxylation sites is 1. The van der Waals surface area contributed by atoms with Crippen molar-refractivity contribution >= 4 is 39.9 Å². The summed E-state index contributed by atoms with van der Waals surface area (Å²) in [7, 11) is 0. The van der Waals surface area contributed by atoms with Gasteiger partial charge in [-0.2, -0.15) is 0 Å². The van der Waals surface area contributed by atoms with E-state index in [9.17, 15) is 24.5 Å². The minimum atomic E-state index is -0.578. The van der Waals surface area contributed by atoms with Gasteiger partial charge in [-0.3, -0.25) is 24.5 Å². The Morgan fingerprint density at radius 1 is 0.789 bits per heavy atom. The van der Waals surface area contributed by atoms with Gasteiger partial charge >= 0.3 is 0 Å². The molecule has 0 atom stereocenters. The standard InChI is InChI=1S/C28H31N5O5/c34-26(30-13-5-1-2-6-14-30)20-32-19-24(23-7-3-4-8-25(23)32)27(35)28(36)31-17-15-29(16-18-31)21-9-11-22(12-10-21)33(37)38/h3-4,7-12,19H,1-2,5-6,13-18,20H2. The summed E-state index contributed by atoms with van der Waals surface area (Å²) in [6.07, 6.45) is 5.94. The Kier molecular flexibility index (Phi) is 7.39. The third-order valence-electron chi connectivity index (χ3n) is 7.48. The highest BCUT2D eigenvalue weighted by atomic mass is 16.6. The number of hydrogen-bond acceptors (Lipinski definition) is 6. The molecular weight excluding hydrogens is 486 g/mol. The number of aromatic nitrogens is 1. The molecule has 2 aromatic carbocycles. The van der Waals surface area contributed by atoms with Crippen LogP contribution in [0.25, 0.3) is 10.9 Å². The van der Waals surface area contributed by atoms with E-state index in [1.54, 1.807) is 27.8 Å². The summed E-state index contributed by atoms with van der Waals surface area (Å²) in [6.45, 7) is 3.42. The van der Waals surface area contributed by atoms with Crippen molar-refractivity contribution in [3.05, 3.63) is 70.4 Å². The van der Waals surface area contributed by atoms with Gasteiger partial charge in [0.15, 0.2) is 0 Å². The van der Waals surface area contributed by atoms with Crippen molar-refractivity contribution in [3.8, 4) is 0 Å².